The summed E-state index contributed by atoms with van der Waals surface area (Å²) >= 11 is 6.13. The highest BCUT2D eigenvalue weighted by Gasteiger charge is 2.34. The third-order valence-electron chi connectivity index (χ3n) is 6.77. The van der Waals surface area contributed by atoms with Gasteiger partial charge in [-0.25, -0.2) is 5.01 Å². The molecule has 37 heavy (non-hydrogen) atoms. The molecule has 1 atom stereocenters. The summed E-state index contributed by atoms with van der Waals surface area (Å²) in [4.78, 5) is 30.7. The Labute approximate surface area is 223 Å². The lowest BCUT2D eigenvalue weighted by Crippen LogP contribution is -2.47. The van der Waals surface area contributed by atoms with Crippen LogP contribution in [0.1, 0.15) is 37.4 Å². The fourth-order valence-electron chi connectivity index (χ4n) is 4.60. The molecule has 2 aliphatic rings. The highest BCUT2D eigenvalue weighted by Crippen LogP contribution is 2.34. The first kappa shape index (κ1) is 27.1. The molecule has 198 valence electrons. The van der Waals surface area contributed by atoms with Crippen LogP contribution in [0.15, 0.2) is 53.6 Å². The average Bonchev–Trinajstić information content (AvgIpc) is 3.37. The van der Waals surface area contributed by atoms with E-state index >= 15 is 0 Å². The van der Waals surface area contributed by atoms with Crippen molar-refractivity contribution >= 4 is 29.1 Å². The number of halogens is 1. The van der Waals surface area contributed by atoms with Crippen molar-refractivity contribution in [3.63, 3.8) is 0 Å². The van der Waals surface area contributed by atoms with Crippen LogP contribution in [0.25, 0.3) is 0 Å². The molecule has 0 spiro atoms. The number of methoxy groups -OCH3 is 1. The number of benzene rings is 2. The van der Waals surface area contributed by atoms with Gasteiger partial charge in [-0.1, -0.05) is 37.6 Å². The van der Waals surface area contributed by atoms with Crippen molar-refractivity contribution in [3.8, 4) is 5.75 Å². The van der Waals surface area contributed by atoms with Gasteiger partial charge in [0, 0.05) is 43.5 Å². The first-order valence-corrected chi connectivity index (χ1v) is 13.1. The molecule has 0 N–H and O–H groups in total. The Morgan fingerprint density at radius 1 is 1.11 bits per heavy atom. The summed E-state index contributed by atoms with van der Waals surface area (Å²) in [7, 11) is 1.63. The molecule has 2 amide bonds. The van der Waals surface area contributed by atoms with Crippen molar-refractivity contribution in [2.75, 3.05) is 53.0 Å². The molecule has 4 rings (SSSR count). The molecule has 2 aliphatic heterocycles. The zero-order chi connectivity index (χ0) is 26.4. The van der Waals surface area contributed by atoms with E-state index < -0.39 is 0 Å². The van der Waals surface area contributed by atoms with Crippen LogP contribution in [-0.4, -0.2) is 85.4 Å². The van der Waals surface area contributed by atoms with Crippen LogP contribution in [0.4, 0.5) is 0 Å². The van der Waals surface area contributed by atoms with E-state index in [1.54, 1.807) is 12.0 Å². The van der Waals surface area contributed by atoms with E-state index in [1.807, 2.05) is 62.4 Å². The summed E-state index contributed by atoms with van der Waals surface area (Å²) in [5.41, 5.74) is 2.68. The summed E-state index contributed by atoms with van der Waals surface area (Å²) in [6.45, 7) is 7.93. The van der Waals surface area contributed by atoms with Gasteiger partial charge in [0.05, 0.1) is 32.1 Å². The fourth-order valence-corrected chi connectivity index (χ4v) is 4.72. The van der Waals surface area contributed by atoms with E-state index in [-0.39, 0.29) is 30.3 Å². The lowest BCUT2D eigenvalue weighted by Gasteiger charge is -2.31. The lowest BCUT2D eigenvalue weighted by atomic mass is 9.98. The maximum absolute atomic E-state index is 13.7. The first-order chi connectivity index (χ1) is 17.9. The molecule has 1 fully saturated rings. The zero-order valence-electron chi connectivity index (χ0n) is 21.7. The van der Waals surface area contributed by atoms with Crippen molar-refractivity contribution in [1.29, 1.82) is 0 Å². The van der Waals surface area contributed by atoms with Crippen molar-refractivity contribution in [2.24, 2.45) is 11.0 Å². The largest absolute Gasteiger partial charge is 0.497 e. The molecule has 0 saturated carbocycles. The summed E-state index contributed by atoms with van der Waals surface area (Å²) in [6, 6.07) is 14.9. The third-order valence-corrected chi connectivity index (χ3v) is 7.02. The van der Waals surface area contributed by atoms with E-state index in [0.717, 1.165) is 35.7 Å². The van der Waals surface area contributed by atoms with Gasteiger partial charge in [-0.2, -0.15) is 5.10 Å². The van der Waals surface area contributed by atoms with E-state index in [4.69, 9.17) is 26.2 Å². The van der Waals surface area contributed by atoms with Gasteiger partial charge in [0.2, 0.25) is 5.91 Å². The minimum absolute atomic E-state index is 0.0230. The third kappa shape index (κ3) is 6.89. The number of hydrogen-bond acceptors (Lipinski definition) is 6. The van der Waals surface area contributed by atoms with Crippen LogP contribution in [0.2, 0.25) is 5.02 Å². The Hall–Kier alpha value is -2.94. The Morgan fingerprint density at radius 3 is 2.41 bits per heavy atom. The Balaban J connectivity index is 1.56. The van der Waals surface area contributed by atoms with Gasteiger partial charge in [-0.05, 0) is 47.5 Å². The molecule has 0 bridgehead atoms. The summed E-state index contributed by atoms with van der Waals surface area (Å²) in [5.74, 6) is 0.303. The van der Waals surface area contributed by atoms with Gasteiger partial charge in [-0.15, -0.1) is 0 Å². The Morgan fingerprint density at radius 2 is 1.78 bits per heavy atom. The van der Waals surface area contributed by atoms with Crippen LogP contribution >= 0.6 is 11.6 Å². The number of hydrazone groups is 1. The molecule has 2 aromatic carbocycles. The van der Waals surface area contributed by atoms with Crippen LogP contribution in [0, 0.1) is 5.92 Å². The first-order valence-electron chi connectivity index (χ1n) is 12.7. The number of nitrogens with zero attached hydrogens (tertiary/aromatic N) is 4. The molecule has 9 heteroatoms. The number of morpholine rings is 1. The van der Waals surface area contributed by atoms with Gasteiger partial charge in [0.1, 0.15) is 12.3 Å². The van der Waals surface area contributed by atoms with Crippen molar-refractivity contribution in [1.82, 2.24) is 14.8 Å². The van der Waals surface area contributed by atoms with Crippen LogP contribution in [-0.2, 0) is 14.3 Å². The minimum atomic E-state index is -0.280. The van der Waals surface area contributed by atoms with Gasteiger partial charge < -0.3 is 14.4 Å². The molecule has 0 unspecified atom stereocenters. The Kier molecular flexibility index (Phi) is 9.18. The van der Waals surface area contributed by atoms with E-state index in [0.29, 0.717) is 37.7 Å². The number of rotatable bonds is 9. The van der Waals surface area contributed by atoms with Crippen molar-refractivity contribution in [2.45, 2.75) is 26.3 Å². The molecule has 2 heterocycles. The fraction of sp³-hybridized carbons (Fsp3) is 0.464. The van der Waals surface area contributed by atoms with Crippen LogP contribution in [0.5, 0.6) is 5.75 Å². The second-order valence-electron chi connectivity index (χ2n) is 9.65. The molecule has 1 saturated heterocycles. The standard InChI is InChI=1S/C28H35ClN4O4/c1-20(2)28(35)32(13-12-31-14-16-37-17-15-31)19-27(34)33-26(22-4-8-23(29)9-5-22)18-25(30-33)21-6-10-24(36-3)11-7-21/h4-11,20,26H,12-19H2,1-3H3/t26-/m1/s1. The smallest absolute Gasteiger partial charge is 0.262 e. The molecule has 2 aromatic rings. The number of carbonyl (C=O) groups excluding carboxylic acids is 2. The van der Waals surface area contributed by atoms with Crippen LogP contribution < -0.4 is 4.74 Å². The molecular formula is C28H35ClN4O4. The summed E-state index contributed by atoms with van der Waals surface area (Å²) < 4.78 is 10.7. The highest BCUT2D eigenvalue weighted by atomic mass is 35.5. The van der Waals surface area contributed by atoms with Crippen molar-refractivity contribution in [3.05, 3.63) is 64.7 Å². The molecular weight excluding hydrogens is 492 g/mol. The lowest BCUT2D eigenvalue weighted by molar-refractivity contribution is -0.143. The molecule has 0 aromatic heterocycles. The van der Waals surface area contributed by atoms with Crippen LogP contribution in [0.3, 0.4) is 0 Å². The van der Waals surface area contributed by atoms with E-state index in [2.05, 4.69) is 4.90 Å². The predicted molar refractivity (Wildman–Crippen MR) is 144 cm³/mol. The SMILES string of the molecule is COc1ccc(C2=NN(C(=O)CN(CCN3CCOCC3)C(=O)C(C)C)[C@@H](c3ccc(Cl)cc3)C2)cc1. The quantitative estimate of drug-likeness (QED) is 0.496. The summed E-state index contributed by atoms with van der Waals surface area (Å²) in [5, 5.41) is 6.93. The topological polar surface area (TPSA) is 74.7 Å². The van der Waals surface area contributed by atoms with E-state index in [9.17, 15) is 9.59 Å². The van der Waals surface area contributed by atoms with Gasteiger partial charge in [0.15, 0.2) is 0 Å². The number of ether oxygens (including phenoxy) is 2. The second kappa shape index (κ2) is 12.5. The molecule has 0 radical (unpaired) electrons. The van der Waals surface area contributed by atoms with Crippen molar-refractivity contribution < 1.29 is 19.1 Å². The summed E-state index contributed by atoms with van der Waals surface area (Å²) in [6.07, 6.45) is 0.561. The minimum Gasteiger partial charge on any atom is -0.497 e. The number of carbonyl (C=O) groups is 2. The van der Waals surface area contributed by atoms with Gasteiger partial charge in [0.25, 0.3) is 5.91 Å². The number of amides is 2. The second-order valence-corrected chi connectivity index (χ2v) is 10.1. The predicted octanol–water partition coefficient (Wildman–Crippen LogP) is 3.84. The van der Waals surface area contributed by atoms with E-state index in [1.165, 1.54) is 5.01 Å². The number of hydrogen-bond donors (Lipinski definition) is 0. The maximum Gasteiger partial charge on any atom is 0.262 e. The Bertz CT molecular complexity index is 1100. The monoisotopic (exact) mass is 526 g/mol. The zero-order valence-corrected chi connectivity index (χ0v) is 22.5. The molecule has 8 nitrogen and oxygen atoms in total. The average molecular weight is 527 g/mol. The highest BCUT2D eigenvalue weighted by molar-refractivity contribution is 6.30. The normalized spacial score (nSPS) is 18.1. The molecule has 0 aliphatic carbocycles. The maximum atomic E-state index is 13.7. The van der Waals surface area contributed by atoms with Gasteiger partial charge >= 0.3 is 0 Å². The van der Waals surface area contributed by atoms with Gasteiger partial charge in [-0.3, -0.25) is 14.5 Å².